The van der Waals surface area contributed by atoms with Gasteiger partial charge >= 0.3 is 0 Å². The normalized spacial score (nSPS) is 11.5. The van der Waals surface area contributed by atoms with E-state index in [2.05, 4.69) is 94.9 Å². The fraction of sp³-hybridized carbons (Fsp3) is 0.0217. The molecular weight excluding hydrogens is 639 g/mol. The van der Waals surface area contributed by atoms with Gasteiger partial charge in [0.1, 0.15) is 11.2 Å². The van der Waals surface area contributed by atoms with Crippen molar-refractivity contribution in [3.63, 3.8) is 0 Å². The fourth-order valence-electron chi connectivity index (χ4n) is 7.82. The Kier molecular flexibility index (Phi) is 6.18. The van der Waals surface area contributed by atoms with Gasteiger partial charge in [-0.05, 0) is 109 Å². The van der Waals surface area contributed by atoms with Crippen LogP contribution in [0.15, 0.2) is 138 Å². The first-order chi connectivity index (χ1) is 25.5. The molecule has 3 aromatic heterocycles. The maximum Gasteiger partial charge on any atom is 0.135 e. The first kappa shape index (κ1) is 29.3. The Morgan fingerprint density at radius 3 is 1.48 bits per heavy atom. The fourth-order valence-corrected chi connectivity index (χ4v) is 7.82. The molecule has 10 aromatic rings. The molecule has 6 nitrogen and oxygen atoms in total. The lowest BCUT2D eigenvalue weighted by atomic mass is 10.0. The van der Waals surface area contributed by atoms with Gasteiger partial charge in [-0.15, -0.1) is 0 Å². The summed E-state index contributed by atoms with van der Waals surface area (Å²) in [6.45, 7) is 2.10. The van der Waals surface area contributed by atoms with E-state index in [9.17, 15) is 15.8 Å². The van der Waals surface area contributed by atoms with Crippen molar-refractivity contribution in [3.05, 3.63) is 156 Å². The average Bonchev–Trinajstić information content (AvgIpc) is 3.83. The zero-order valence-electron chi connectivity index (χ0n) is 27.8. The maximum absolute atomic E-state index is 9.74. The Balaban J connectivity index is 1.15. The quantitative estimate of drug-likeness (QED) is 0.188. The summed E-state index contributed by atoms with van der Waals surface area (Å²) in [5.74, 6) is 0. The van der Waals surface area contributed by atoms with Crippen molar-refractivity contribution < 1.29 is 4.42 Å². The van der Waals surface area contributed by atoms with Crippen molar-refractivity contribution in [2.24, 2.45) is 0 Å². The van der Waals surface area contributed by atoms with E-state index in [4.69, 9.17) is 4.42 Å². The van der Waals surface area contributed by atoms with Gasteiger partial charge in [0, 0.05) is 43.7 Å². The van der Waals surface area contributed by atoms with Gasteiger partial charge in [0.2, 0.25) is 0 Å². The molecule has 240 valence electrons. The predicted molar refractivity (Wildman–Crippen MR) is 207 cm³/mol. The second-order valence-corrected chi connectivity index (χ2v) is 13.3. The molecule has 3 heterocycles. The largest absolute Gasteiger partial charge is 0.456 e. The monoisotopic (exact) mass is 663 g/mol. The Morgan fingerprint density at radius 2 is 0.904 bits per heavy atom. The highest BCUT2D eigenvalue weighted by Gasteiger charge is 2.18. The highest BCUT2D eigenvalue weighted by Crippen LogP contribution is 2.39. The Labute approximate surface area is 297 Å². The molecule has 0 N–H and O–H groups in total. The second kappa shape index (κ2) is 11.0. The molecular formula is C46H25N5O. The van der Waals surface area contributed by atoms with E-state index in [1.807, 2.05) is 72.8 Å². The Bertz CT molecular complexity index is 3230. The number of hydrogen-bond donors (Lipinski definition) is 0. The summed E-state index contributed by atoms with van der Waals surface area (Å²) in [5, 5.41) is 35.5. The number of nitriles is 3. The average molecular weight is 664 g/mol. The molecule has 0 unspecified atom stereocenters. The number of benzene rings is 7. The Hall–Kier alpha value is -7.59. The first-order valence-corrected chi connectivity index (χ1v) is 16.9. The molecule has 0 amide bonds. The predicted octanol–water partition coefficient (Wildman–Crippen LogP) is 11.4. The molecule has 6 heteroatoms. The van der Waals surface area contributed by atoms with Gasteiger partial charge in [0.15, 0.2) is 0 Å². The van der Waals surface area contributed by atoms with Gasteiger partial charge in [0.25, 0.3) is 0 Å². The van der Waals surface area contributed by atoms with Crippen LogP contribution in [0.1, 0.15) is 22.3 Å². The summed E-state index contributed by atoms with van der Waals surface area (Å²) in [6.07, 6.45) is 0. The molecule has 0 fully saturated rings. The summed E-state index contributed by atoms with van der Waals surface area (Å²) in [7, 11) is 0. The number of aromatic nitrogens is 2. The topological polar surface area (TPSA) is 94.4 Å². The lowest BCUT2D eigenvalue weighted by Crippen LogP contribution is -1.95. The number of hydrogen-bond acceptors (Lipinski definition) is 4. The molecule has 0 radical (unpaired) electrons. The molecule has 0 aliphatic heterocycles. The number of aryl methyl sites for hydroxylation is 1. The minimum absolute atomic E-state index is 0.575. The van der Waals surface area contributed by atoms with E-state index in [1.54, 1.807) is 0 Å². The van der Waals surface area contributed by atoms with Crippen LogP contribution in [0.25, 0.3) is 88.1 Å². The summed E-state index contributed by atoms with van der Waals surface area (Å²) in [6, 6.07) is 51.6. The van der Waals surface area contributed by atoms with E-state index < -0.39 is 0 Å². The molecule has 0 aliphatic carbocycles. The lowest BCUT2D eigenvalue weighted by molar-refractivity contribution is 0.669. The molecule has 0 bridgehead atoms. The summed E-state index contributed by atoms with van der Waals surface area (Å²) in [5.41, 5.74) is 12.4. The third-order valence-electron chi connectivity index (χ3n) is 10.2. The maximum atomic E-state index is 9.74. The van der Waals surface area contributed by atoms with Gasteiger partial charge in [-0.25, -0.2) is 0 Å². The molecule has 52 heavy (non-hydrogen) atoms. The summed E-state index contributed by atoms with van der Waals surface area (Å²) >= 11 is 0. The standard InChI is InChI=1S/C46H25N5O/c1-27-5-11-35-36-12-6-30(26-49)20-44(36)51(41(35)17-27)34-10-16-46-40(23-34)39-22-32(9-15-45(39)52-46)31-3-2-4-33(21-31)50-42-18-28(24-47)7-13-37(42)38-14-8-29(25-48)19-43(38)50/h2-23H,1H3. The van der Waals surface area contributed by atoms with Crippen LogP contribution in [0.2, 0.25) is 0 Å². The third kappa shape index (κ3) is 4.28. The van der Waals surface area contributed by atoms with Gasteiger partial charge < -0.3 is 13.6 Å². The molecule has 0 saturated carbocycles. The van der Waals surface area contributed by atoms with E-state index in [0.29, 0.717) is 16.7 Å². The molecule has 0 spiro atoms. The van der Waals surface area contributed by atoms with Crippen molar-refractivity contribution in [2.75, 3.05) is 0 Å². The zero-order chi connectivity index (χ0) is 35.1. The van der Waals surface area contributed by atoms with E-state index >= 15 is 0 Å². The number of fused-ring (bicyclic) bond motifs is 9. The second-order valence-electron chi connectivity index (χ2n) is 13.3. The van der Waals surface area contributed by atoms with E-state index in [1.165, 1.54) is 0 Å². The molecule has 0 atom stereocenters. The van der Waals surface area contributed by atoms with Crippen molar-refractivity contribution in [1.82, 2.24) is 9.13 Å². The third-order valence-corrected chi connectivity index (χ3v) is 10.2. The molecule has 0 saturated heterocycles. The number of nitrogens with zero attached hydrogens (tertiary/aromatic N) is 5. The smallest absolute Gasteiger partial charge is 0.135 e. The van der Waals surface area contributed by atoms with Crippen molar-refractivity contribution >= 4 is 65.6 Å². The zero-order valence-corrected chi connectivity index (χ0v) is 27.8. The van der Waals surface area contributed by atoms with Crippen LogP contribution in [0.5, 0.6) is 0 Å². The molecule has 7 aromatic carbocycles. The number of rotatable bonds is 3. The summed E-state index contributed by atoms with van der Waals surface area (Å²) < 4.78 is 10.7. The van der Waals surface area contributed by atoms with Crippen LogP contribution in [-0.4, -0.2) is 9.13 Å². The minimum atomic E-state index is 0.575. The van der Waals surface area contributed by atoms with Crippen LogP contribution in [0.3, 0.4) is 0 Å². The highest BCUT2D eigenvalue weighted by atomic mass is 16.3. The van der Waals surface area contributed by atoms with Crippen molar-refractivity contribution in [3.8, 4) is 40.7 Å². The molecule has 0 aliphatic rings. The van der Waals surface area contributed by atoms with E-state index in [0.717, 1.165) is 93.6 Å². The van der Waals surface area contributed by atoms with Crippen LogP contribution in [0, 0.1) is 40.9 Å². The van der Waals surface area contributed by atoms with Gasteiger partial charge in [-0.3, -0.25) is 0 Å². The van der Waals surface area contributed by atoms with Gasteiger partial charge in [-0.1, -0.05) is 48.5 Å². The highest BCUT2D eigenvalue weighted by molar-refractivity contribution is 6.12. The van der Waals surface area contributed by atoms with Crippen LogP contribution < -0.4 is 0 Å². The van der Waals surface area contributed by atoms with Crippen molar-refractivity contribution in [1.29, 1.82) is 15.8 Å². The van der Waals surface area contributed by atoms with Gasteiger partial charge in [0.05, 0.1) is 57.0 Å². The van der Waals surface area contributed by atoms with Gasteiger partial charge in [-0.2, -0.15) is 15.8 Å². The molecule has 10 rings (SSSR count). The van der Waals surface area contributed by atoms with Crippen LogP contribution in [0.4, 0.5) is 0 Å². The number of furan rings is 1. The van der Waals surface area contributed by atoms with E-state index in [-0.39, 0.29) is 0 Å². The first-order valence-electron chi connectivity index (χ1n) is 16.9. The Morgan fingerprint density at radius 1 is 0.423 bits per heavy atom. The SMILES string of the molecule is Cc1ccc2c3ccc(C#N)cc3n(-c3ccc4oc5ccc(-c6cccc(-n7c8cc(C#N)ccc8c8ccc(C#N)cc87)c6)cc5c4c3)c2c1. The minimum Gasteiger partial charge on any atom is -0.456 e. The van der Waals surface area contributed by atoms with Crippen molar-refractivity contribution in [2.45, 2.75) is 6.92 Å². The van der Waals surface area contributed by atoms with Crippen LogP contribution in [-0.2, 0) is 0 Å². The van der Waals surface area contributed by atoms with Crippen LogP contribution >= 0.6 is 0 Å². The lowest BCUT2D eigenvalue weighted by Gasteiger charge is -2.11. The summed E-state index contributed by atoms with van der Waals surface area (Å²) in [4.78, 5) is 0.